The first kappa shape index (κ1) is 7.35. The predicted molar refractivity (Wildman–Crippen MR) is 50.2 cm³/mol. The molecule has 2 heteroatoms. The highest BCUT2D eigenvalue weighted by Gasteiger charge is 2.11. The summed E-state index contributed by atoms with van der Waals surface area (Å²) in [6, 6.07) is 6.38. The van der Waals surface area contributed by atoms with E-state index in [2.05, 4.69) is 30.1 Å². The molecule has 0 atom stereocenters. The molecule has 0 aromatic heterocycles. The van der Waals surface area contributed by atoms with Gasteiger partial charge in [0.1, 0.15) is 5.84 Å². The van der Waals surface area contributed by atoms with E-state index in [0.29, 0.717) is 5.84 Å². The van der Waals surface area contributed by atoms with Crippen LogP contribution in [0.2, 0.25) is 0 Å². The van der Waals surface area contributed by atoms with E-state index >= 15 is 0 Å². The molecule has 1 aromatic carbocycles. The van der Waals surface area contributed by atoms with E-state index in [1.807, 2.05) is 0 Å². The molecule has 0 amide bonds. The third-order valence-corrected chi connectivity index (χ3v) is 2.27. The predicted octanol–water partition coefficient (Wildman–Crippen LogP) is 1.47. The maximum atomic E-state index is 5.69. The first-order chi connectivity index (χ1) is 5.81. The average molecular weight is 160 g/mol. The van der Waals surface area contributed by atoms with Crippen LogP contribution in [0.3, 0.4) is 0 Å². The van der Waals surface area contributed by atoms with E-state index in [9.17, 15) is 0 Å². The summed E-state index contributed by atoms with van der Waals surface area (Å²) in [5, 5.41) is 0. The van der Waals surface area contributed by atoms with Crippen molar-refractivity contribution in [3.8, 4) is 0 Å². The molecular formula is C10H12N2. The van der Waals surface area contributed by atoms with Crippen molar-refractivity contribution in [2.45, 2.75) is 19.9 Å². The van der Waals surface area contributed by atoms with Crippen LogP contribution in [-0.4, -0.2) is 5.84 Å². The van der Waals surface area contributed by atoms with Gasteiger partial charge in [0.05, 0.1) is 6.54 Å². The van der Waals surface area contributed by atoms with Crippen LogP contribution in [-0.2, 0) is 13.0 Å². The van der Waals surface area contributed by atoms with Gasteiger partial charge < -0.3 is 5.73 Å². The van der Waals surface area contributed by atoms with Gasteiger partial charge in [0.2, 0.25) is 0 Å². The Morgan fingerprint density at radius 3 is 3.08 bits per heavy atom. The lowest BCUT2D eigenvalue weighted by atomic mass is 10.0. The van der Waals surface area contributed by atoms with E-state index in [4.69, 9.17) is 5.73 Å². The number of aryl methyl sites for hydroxylation is 1. The highest BCUT2D eigenvalue weighted by molar-refractivity contribution is 6.00. The molecule has 1 heterocycles. The number of fused-ring (bicyclic) bond motifs is 1. The zero-order valence-electron chi connectivity index (χ0n) is 7.17. The Bertz CT molecular complexity index is 340. The Balaban J connectivity index is 2.46. The number of amidine groups is 1. The standard InChI is InChI=1S/C10H12N2/c1-2-7-3-4-9-8(5-7)6-12-10(9)11/h3-5H,2,6H2,1H3,(H2,11,12). The second-order valence-corrected chi connectivity index (χ2v) is 3.05. The second-order valence-electron chi connectivity index (χ2n) is 3.05. The third-order valence-electron chi connectivity index (χ3n) is 2.27. The molecule has 2 N–H and O–H groups in total. The number of nitrogens with zero attached hydrogens (tertiary/aromatic N) is 1. The van der Waals surface area contributed by atoms with E-state index in [1.165, 1.54) is 11.1 Å². The minimum atomic E-state index is 0.688. The molecule has 0 fully saturated rings. The fourth-order valence-electron chi connectivity index (χ4n) is 1.50. The summed E-state index contributed by atoms with van der Waals surface area (Å²) in [5.41, 5.74) is 9.44. The molecule has 1 aromatic rings. The molecule has 0 spiro atoms. The lowest BCUT2D eigenvalue weighted by Crippen LogP contribution is -2.10. The lowest BCUT2D eigenvalue weighted by Gasteiger charge is -2.01. The Morgan fingerprint density at radius 2 is 2.33 bits per heavy atom. The fourth-order valence-corrected chi connectivity index (χ4v) is 1.50. The zero-order chi connectivity index (χ0) is 8.55. The molecule has 1 aliphatic heterocycles. The molecule has 0 bridgehead atoms. The zero-order valence-corrected chi connectivity index (χ0v) is 7.17. The SMILES string of the molecule is CCc1ccc2c(c1)CN=C2N. The molecule has 62 valence electrons. The topological polar surface area (TPSA) is 38.4 Å². The molecule has 0 saturated carbocycles. The van der Waals surface area contributed by atoms with Crippen molar-refractivity contribution in [1.29, 1.82) is 0 Å². The minimum Gasteiger partial charge on any atom is -0.383 e. The summed E-state index contributed by atoms with van der Waals surface area (Å²) in [4.78, 5) is 4.17. The van der Waals surface area contributed by atoms with Gasteiger partial charge in [-0.25, -0.2) is 0 Å². The first-order valence-electron chi connectivity index (χ1n) is 4.23. The lowest BCUT2D eigenvalue weighted by molar-refractivity contribution is 1.07. The molecule has 0 unspecified atom stereocenters. The summed E-state index contributed by atoms with van der Waals surface area (Å²) in [6.45, 7) is 2.91. The van der Waals surface area contributed by atoms with E-state index in [-0.39, 0.29) is 0 Å². The van der Waals surface area contributed by atoms with Gasteiger partial charge >= 0.3 is 0 Å². The van der Waals surface area contributed by atoms with Crippen molar-refractivity contribution in [2.75, 3.05) is 0 Å². The Hall–Kier alpha value is -1.31. The highest BCUT2D eigenvalue weighted by Crippen LogP contribution is 2.18. The number of hydrogen-bond acceptors (Lipinski definition) is 2. The van der Waals surface area contributed by atoms with Gasteiger partial charge in [-0.2, -0.15) is 0 Å². The van der Waals surface area contributed by atoms with E-state index < -0.39 is 0 Å². The van der Waals surface area contributed by atoms with Crippen LogP contribution in [0.1, 0.15) is 23.6 Å². The van der Waals surface area contributed by atoms with Crippen LogP contribution in [0.15, 0.2) is 23.2 Å². The summed E-state index contributed by atoms with van der Waals surface area (Å²) in [6.07, 6.45) is 1.08. The van der Waals surface area contributed by atoms with Gasteiger partial charge in [-0.05, 0) is 17.5 Å². The van der Waals surface area contributed by atoms with Crippen LogP contribution >= 0.6 is 0 Å². The molecule has 1 aliphatic rings. The molecular weight excluding hydrogens is 148 g/mol. The quantitative estimate of drug-likeness (QED) is 0.663. The molecule has 0 radical (unpaired) electrons. The highest BCUT2D eigenvalue weighted by atomic mass is 14.9. The van der Waals surface area contributed by atoms with Crippen LogP contribution in [0, 0.1) is 0 Å². The number of aliphatic imine (C=N–C) groups is 1. The molecule has 0 saturated heterocycles. The van der Waals surface area contributed by atoms with Crippen molar-refractivity contribution in [3.05, 3.63) is 34.9 Å². The number of benzene rings is 1. The van der Waals surface area contributed by atoms with Crippen molar-refractivity contribution < 1.29 is 0 Å². The van der Waals surface area contributed by atoms with Gasteiger partial charge in [-0.3, -0.25) is 4.99 Å². The summed E-state index contributed by atoms with van der Waals surface area (Å²) in [7, 11) is 0. The normalized spacial score (nSPS) is 14.2. The van der Waals surface area contributed by atoms with Crippen LogP contribution in [0.25, 0.3) is 0 Å². The Morgan fingerprint density at radius 1 is 1.50 bits per heavy atom. The van der Waals surface area contributed by atoms with Crippen molar-refractivity contribution in [2.24, 2.45) is 10.7 Å². The first-order valence-corrected chi connectivity index (χ1v) is 4.23. The number of nitrogens with two attached hydrogens (primary N) is 1. The van der Waals surface area contributed by atoms with Crippen LogP contribution in [0.4, 0.5) is 0 Å². The Kier molecular flexibility index (Phi) is 1.61. The van der Waals surface area contributed by atoms with Crippen molar-refractivity contribution in [1.82, 2.24) is 0 Å². The molecule has 2 nitrogen and oxygen atoms in total. The van der Waals surface area contributed by atoms with Crippen LogP contribution < -0.4 is 5.73 Å². The summed E-state index contributed by atoms with van der Waals surface area (Å²) < 4.78 is 0. The second kappa shape index (κ2) is 2.63. The number of rotatable bonds is 1. The van der Waals surface area contributed by atoms with E-state index in [1.54, 1.807) is 0 Å². The smallest absolute Gasteiger partial charge is 0.126 e. The molecule has 2 rings (SSSR count). The Labute approximate surface area is 72.1 Å². The van der Waals surface area contributed by atoms with Gasteiger partial charge in [-0.1, -0.05) is 25.1 Å². The summed E-state index contributed by atoms with van der Waals surface area (Å²) in [5.74, 6) is 0.688. The summed E-state index contributed by atoms with van der Waals surface area (Å²) >= 11 is 0. The average Bonchev–Trinajstić information content (AvgIpc) is 2.47. The molecule has 0 aliphatic carbocycles. The minimum absolute atomic E-state index is 0.688. The fraction of sp³-hybridized carbons (Fsp3) is 0.300. The van der Waals surface area contributed by atoms with E-state index in [0.717, 1.165) is 18.5 Å². The van der Waals surface area contributed by atoms with Gasteiger partial charge in [-0.15, -0.1) is 0 Å². The van der Waals surface area contributed by atoms with Crippen LogP contribution in [0.5, 0.6) is 0 Å². The maximum absolute atomic E-state index is 5.69. The van der Waals surface area contributed by atoms with Gasteiger partial charge in [0.15, 0.2) is 0 Å². The van der Waals surface area contributed by atoms with Gasteiger partial charge in [0.25, 0.3) is 0 Å². The van der Waals surface area contributed by atoms with Gasteiger partial charge in [0, 0.05) is 5.56 Å². The van der Waals surface area contributed by atoms with Crippen molar-refractivity contribution >= 4 is 5.84 Å². The molecule has 12 heavy (non-hydrogen) atoms. The number of hydrogen-bond donors (Lipinski definition) is 1. The largest absolute Gasteiger partial charge is 0.383 e. The maximum Gasteiger partial charge on any atom is 0.126 e. The van der Waals surface area contributed by atoms with Crippen molar-refractivity contribution in [3.63, 3.8) is 0 Å². The monoisotopic (exact) mass is 160 g/mol. The third kappa shape index (κ3) is 0.998.